The maximum Gasteiger partial charge on any atom is 0.357 e. The number of carbonyl (C=O) groups is 2. The number of rotatable bonds is 5. The van der Waals surface area contributed by atoms with Crippen molar-refractivity contribution in [2.45, 2.75) is 6.54 Å². The van der Waals surface area contributed by atoms with E-state index in [1.807, 2.05) is 30.5 Å². The van der Waals surface area contributed by atoms with Gasteiger partial charge >= 0.3 is 5.97 Å². The SMILES string of the molecule is Cn1cc(C(=O)Nc2cccc(Cn3cccn3)c2)c(C(=O)O)n1. The molecule has 8 nitrogen and oxygen atoms in total. The van der Waals surface area contributed by atoms with Gasteiger partial charge in [0.1, 0.15) is 0 Å². The summed E-state index contributed by atoms with van der Waals surface area (Å²) < 4.78 is 3.07. The molecule has 3 rings (SSSR count). The third-order valence-corrected chi connectivity index (χ3v) is 3.36. The highest BCUT2D eigenvalue weighted by Gasteiger charge is 2.21. The lowest BCUT2D eigenvalue weighted by Crippen LogP contribution is -2.15. The Morgan fingerprint density at radius 3 is 2.83 bits per heavy atom. The van der Waals surface area contributed by atoms with E-state index >= 15 is 0 Å². The minimum absolute atomic E-state index is 0.0162. The fraction of sp³-hybridized carbons (Fsp3) is 0.125. The lowest BCUT2D eigenvalue weighted by atomic mass is 10.2. The zero-order valence-electron chi connectivity index (χ0n) is 12.9. The summed E-state index contributed by atoms with van der Waals surface area (Å²) in [5.41, 5.74) is 1.27. The summed E-state index contributed by atoms with van der Waals surface area (Å²) in [5, 5.41) is 19.7. The summed E-state index contributed by atoms with van der Waals surface area (Å²) in [6.07, 6.45) is 4.92. The average Bonchev–Trinajstić information content (AvgIpc) is 3.17. The van der Waals surface area contributed by atoms with Crippen molar-refractivity contribution in [1.29, 1.82) is 0 Å². The third kappa shape index (κ3) is 3.32. The molecule has 8 heteroatoms. The second kappa shape index (κ2) is 6.37. The van der Waals surface area contributed by atoms with Crippen LogP contribution in [-0.2, 0) is 13.6 Å². The molecule has 3 aromatic rings. The molecule has 0 aliphatic carbocycles. The summed E-state index contributed by atoms with van der Waals surface area (Å²) in [7, 11) is 1.56. The first-order valence-corrected chi connectivity index (χ1v) is 7.17. The summed E-state index contributed by atoms with van der Waals surface area (Å²) in [5.74, 6) is -1.76. The second-order valence-electron chi connectivity index (χ2n) is 5.23. The Kier molecular flexibility index (Phi) is 4.11. The molecule has 24 heavy (non-hydrogen) atoms. The number of carbonyl (C=O) groups excluding carboxylic acids is 1. The smallest absolute Gasteiger partial charge is 0.357 e. The number of nitrogens with one attached hydrogen (secondary N) is 1. The van der Waals surface area contributed by atoms with Gasteiger partial charge in [-0.2, -0.15) is 10.2 Å². The molecule has 0 bridgehead atoms. The minimum atomic E-state index is -1.24. The number of aryl methyl sites for hydroxylation is 1. The van der Waals surface area contributed by atoms with Crippen LogP contribution in [0.2, 0.25) is 0 Å². The van der Waals surface area contributed by atoms with Gasteiger partial charge in [-0.1, -0.05) is 12.1 Å². The van der Waals surface area contributed by atoms with E-state index in [9.17, 15) is 9.59 Å². The van der Waals surface area contributed by atoms with Crippen LogP contribution in [0.1, 0.15) is 26.4 Å². The minimum Gasteiger partial charge on any atom is -0.476 e. The predicted molar refractivity (Wildman–Crippen MR) is 85.9 cm³/mol. The van der Waals surface area contributed by atoms with Gasteiger partial charge in [0, 0.05) is 31.3 Å². The summed E-state index contributed by atoms with van der Waals surface area (Å²) in [6, 6.07) is 9.12. The Bertz CT molecular complexity index is 883. The number of benzene rings is 1. The van der Waals surface area contributed by atoms with Crippen molar-refractivity contribution >= 4 is 17.6 Å². The topological polar surface area (TPSA) is 102 Å². The summed E-state index contributed by atoms with van der Waals surface area (Å²) in [4.78, 5) is 23.5. The first-order valence-electron chi connectivity index (χ1n) is 7.17. The van der Waals surface area contributed by atoms with E-state index in [4.69, 9.17) is 5.11 Å². The highest BCUT2D eigenvalue weighted by molar-refractivity contribution is 6.09. The van der Waals surface area contributed by atoms with E-state index in [1.165, 1.54) is 10.9 Å². The van der Waals surface area contributed by atoms with Crippen molar-refractivity contribution in [3.63, 3.8) is 0 Å². The first kappa shape index (κ1) is 15.5. The van der Waals surface area contributed by atoms with Gasteiger partial charge in [0.2, 0.25) is 0 Å². The zero-order chi connectivity index (χ0) is 17.1. The van der Waals surface area contributed by atoms with Gasteiger partial charge in [-0.15, -0.1) is 0 Å². The lowest BCUT2D eigenvalue weighted by Gasteiger charge is -2.07. The van der Waals surface area contributed by atoms with Gasteiger partial charge in [-0.05, 0) is 23.8 Å². The van der Waals surface area contributed by atoms with Gasteiger partial charge in [-0.25, -0.2) is 4.79 Å². The number of aromatic carboxylic acids is 1. The van der Waals surface area contributed by atoms with E-state index in [-0.39, 0.29) is 11.3 Å². The molecule has 122 valence electrons. The zero-order valence-corrected chi connectivity index (χ0v) is 12.9. The number of hydrogen-bond acceptors (Lipinski definition) is 4. The molecule has 0 saturated heterocycles. The van der Waals surface area contributed by atoms with Crippen molar-refractivity contribution < 1.29 is 14.7 Å². The van der Waals surface area contributed by atoms with E-state index in [0.717, 1.165) is 5.56 Å². The molecule has 1 aromatic carbocycles. The number of amides is 1. The van der Waals surface area contributed by atoms with Crippen LogP contribution in [0.5, 0.6) is 0 Å². The van der Waals surface area contributed by atoms with Crippen LogP contribution >= 0.6 is 0 Å². The van der Waals surface area contributed by atoms with E-state index in [2.05, 4.69) is 15.5 Å². The van der Waals surface area contributed by atoms with Crippen molar-refractivity contribution in [2.75, 3.05) is 5.32 Å². The Morgan fingerprint density at radius 1 is 1.29 bits per heavy atom. The number of carboxylic acids is 1. The van der Waals surface area contributed by atoms with Gasteiger partial charge in [-0.3, -0.25) is 14.2 Å². The molecule has 0 aliphatic heterocycles. The van der Waals surface area contributed by atoms with Crippen LogP contribution < -0.4 is 5.32 Å². The van der Waals surface area contributed by atoms with Crippen LogP contribution in [0.4, 0.5) is 5.69 Å². The van der Waals surface area contributed by atoms with Crippen LogP contribution in [0.25, 0.3) is 0 Å². The molecule has 0 unspecified atom stereocenters. The van der Waals surface area contributed by atoms with E-state index in [1.54, 1.807) is 24.0 Å². The fourth-order valence-corrected chi connectivity index (χ4v) is 2.34. The normalized spacial score (nSPS) is 10.5. The maximum atomic E-state index is 12.3. The van der Waals surface area contributed by atoms with Gasteiger partial charge in [0.15, 0.2) is 5.69 Å². The maximum absolute atomic E-state index is 12.3. The number of carboxylic acid groups (broad SMARTS) is 1. The van der Waals surface area contributed by atoms with Crippen LogP contribution in [0, 0.1) is 0 Å². The van der Waals surface area contributed by atoms with Crippen molar-refractivity contribution in [1.82, 2.24) is 19.6 Å². The summed E-state index contributed by atoms with van der Waals surface area (Å²) in [6.45, 7) is 0.573. The van der Waals surface area contributed by atoms with Crippen LogP contribution in [-0.4, -0.2) is 36.5 Å². The molecule has 1 amide bonds. The Balaban J connectivity index is 1.78. The molecule has 0 atom stereocenters. The quantitative estimate of drug-likeness (QED) is 0.742. The molecule has 0 saturated carbocycles. The lowest BCUT2D eigenvalue weighted by molar-refractivity contribution is 0.0685. The Morgan fingerprint density at radius 2 is 2.12 bits per heavy atom. The van der Waals surface area contributed by atoms with Crippen molar-refractivity contribution in [3.8, 4) is 0 Å². The monoisotopic (exact) mass is 325 g/mol. The van der Waals surface area contributed by atoms with E-state index < -0.39 is 11.9 Å². The predicted octanol–water partition coefficient (Wildman–Crippen LogP) is 1.62. The van der Waals surface area contributed by atoms with E-state index in [0.29, 0.717) is 12.2 Å². The number of hydrogen-bond donors (Lipinski definition) is 2. The second-order valence-corrected chi connectivity index (χ2v) is 5.23. The molecule has 0 aliphatic rings. The number of anilines is 1. The molecule has 0 fully saturated rings. The van der Waals surface area contributed by atoms with Crippen LogP contribution in [0.3, 0.4) is 0 Å². The summed E-state index contributed by atoms with van der Waals surface area (Å²) >= 11 is 0. The Labute approximate surface area is 137 Å². The largest absolute Gasteiger partial charge is 0.476 e. The molecular formula is C16H15N5O3. The number of nitrogens with zero attached hydrogens (tertiary/aromatic N) is 4. The molecule has 0 spiro atoms. The van der Waals surface area contributed by atoms with Crippen molar-refractivity contribution in [3.05, 3.63) is 65.7 Å². The van der Waals surface area contributed by atoms with Crippen LogP contribution in [0.15, 0.2) is 48.9 Å². The van der Waals surface area contributed by atoms with Gasteiger partial charge in [0.05, 0.1) is 12.1 Å². The number of aromatic nitrogens is 4. The molecule has 0 radical (unpaired) electrons. The molecule has 2 aromatic heterocycles. The third-order valence-electron chi connectivity index (χ3n) is 3.36. The van der Waals surface area contributed by atoms with Gasteiger partial charge < -0.3 is 10.4 Å². The molecule has 2 heterocycles. The Hall–Kier alpha value is -3.42. The standard InChI is InChI=1S/C16H15N5O3/c1-20-10-13(14(19-20)16(23)24)15(22)18-12-5-2-4-11(8-12)9-21-7-3-6-17-21/h2-8,10H,9H2,1H3,(H,18,22)(H,23,24). The average molecular weight is 325 g/mol. The molecular weight excluding hydrogens is 310 g/mol. The first-order chi connectivity index (χ1) is 11.5. The van der Waals surface area contributed by atoms with Gasteiger partial charge in [0.25, 0.3) is 5.91 Å². The highest BCUT2D eigenvalue weighted by Crippen LogP contribution is 2.15. The molecule has 2 N–H and O–H groups in total. The highest BCUT2D eigenvalue weighted by atomic mass is 16.4. The fourth-order valence-electron chi connectivity index (χ4n) is 2.34. The van der Waals surface area contributed by atoms with Crippen molar-refractivity contribution in [2.24, 2.45) is 7.05 Å².